The summed E-state index contributed by atoms with van der Waals surface area (Å²) in [5, 5.41) is 0. The van der Waals surface area contributed by atoms with Crippen LogP contribution in [0.25, 0.3) is 11.0 Å². The Balaban J connectivity index is 1.30. The van der Waals surface area contributed by atoms with Crippen molar-refractivity contribution in [3.05, 3.63) is 60.0 Å². The third-order valence-electron chi connectivity index (χ3n) is 6.74. The summed E-state index contributed by atoms with van der Waals surface area (Å²) in [5.41, 5.74) is 8.21. The minimum absolute atomic E-state index is 0.143. The number of para-hydroxylation sites is 2. The molecular weight excluding hydrogens is 393 g/mol. The van der Waals surface area contributed by atoms with E-state index in [0.29, 0.717) is 17.8 Å². The van der Waals surface area contributed by atoms with Crippen LogP contribution in [0, 0.1) is 11.2 Å². The summed E-state index contributed by atoms with van der Waals surface area (Å²) < 4.78 is 14.2. The first kappa shape index (κ1) is 19.7. The number of nitrogens with zero attached hydrogens (tertiary/aromatic N) is 4. The Hall–Kier alpha value is -3.22. The normalized spacial score (nSPS) is 18.7. The fourth-order valence-corrected chi connectivity index (χ4v) is 4.95. The van der Waals surface area contributed by atoms with Crippen molar-refractivity contribution in [2.45, 2.75) is 32.2 Å². The second-order valence-electron chi connectivity index (χ2n) is 8.67. The number of likely N-dealkylation sites (tertiary alicyclic amines) is 1. The van der Waals surface area contributed by atoms with Gasteiger partial charge in [-0.15, -0.1) is 0 Å². The molecule has 1 aromatic heterocycles. The Labute approximate surface area is 180 Å². The van der Waals surface area contributed by atoms with Gasteiger partial charge in [-0.3, -0.25) is 9.78 Å². The molecule has 31 heavy (non-hydrogen) atoms. The van der Waals surface area contributed by atoms with Gasteiger partial charge in [-0.1, -0.05) is 12.1 Å². The highest BCUT2D eigenvalue weighted by Crippen LogP contribution is 2.42. The van der Waals surface area contributed by atoms with E-state index in [0.717, 1.165) is 55.6 Å². The van der Waals surface area contributed by atoms with E-state index in [1.807, 2.05) is 35.4 Å². The lowest BCUT2D eigenvalue weighted by molar-refractivity contribution is -0.148. The van der Waals surface area contributed by atoms with Gasteiger partial charge >= 0.3 is 0 Å². The predicted octanol–water partition coefficient (Wildman–Crippen LogP) is 3.76. The minimum atomic E-state index is -0.365. The number of carbonyl (C=O) groups is 1. The molecule has 2 aromatic carbocycles. The number of halogens is 1. The van der Waals surface area contributed by atoms with Gasteiger partial charge in [0.25, 0.3) is 0 Å². The number of hydrogen-bond donors (Lipinski definition) is 1. The summed E-state index contributed by atoms with van der Waals surface area (Å²) in [7, 11) is 0. The van der Waals surface area contributed by atoms with Crippen LogP contribution in [-0.2, 0) is 11.3 Å². The monoisotopic (exact) mass is 419 g/mol. The van der Waals surface area contributed by atoms with E-state index in [1.54, 1.807) is 12.1 Å². The molecule has 2 fully saturated rings. The van der Waals surface area contributed by atoms with Crippen molar-refractivity contribution in [1.82, 2.24) is 14.9 Å². The lowest BCUT2D eigenvalue weighted by atomic mass is 9.71. The molecule has 3 aromatic rings. The third kappa shape index (κ3) is 3.69. The quantitative estimate of drug-likeness (QED) is 0.655. The largest absolute Gasteiger partial charge is 0.399 e. The molecule has 1 amide bonds. The third-order valence-corrected chi connectivity index (χ3v) is 6.74. The van der Waals surface area contributed by atoms with Crippen LogP contribution in [0.2, 0.25) is 0 Å². The smallest absolute Gasteiger partial charge is 0.229 e. The molecule has 0 radical (unpaired) electrons. The molecule has 2 aliphatic rings. The van der Waals surface area contributed by atoms with E-state index < -0.39 is 0 Å². The maximum absolute atomic E-state index is 14.2. The van der Waals surface area contributed by atoms with Crippen LogP contribution in [0.15, 0.2) is 48.7 Å². The lowest BCUT2D eigenvalue weighted by Crippen LogP contribution is -2.53. The van der Waals surface area contributed by atoms with Gasteiger partial charge in [0.2, 0.25) is 5.91 Å². The Kier molecular flexibility index (Phi) is 4.96. The summed E-state index contributed by atoms with van der Waals surface area (Å²) in [6, 6.07) is 12.4. The number of hydrogen-bond acceptors (Lipinski definition) is 5. The number of benzene rings is 2. The van der Waals surface area contributed by atoms with Gasteiger partial charge in [0.1, 0.15) is 11.6 Å². The number of amides is 1. The highest BCUT2D eigenvalue weighted by atomic mass is 19.1. The van der Waals surface area contributed by atoms with Gasteiger partial charge < -0.3 is 15.5 Å². The number of anilines is 2. The SMILES string of the molecule is Nc1ccc(F)c(CN2CCCC3(CCN(c4cnc5ccccc5n4)CC3)C2=O)c1. The minimum Gasteiger partial charge on any atom is -0.399 e. The zero-order valence-electron chi connectivity index (χ0n) is 17.4. The molecule has 2 N–H and O–H groups in total. The molecule has 0 atom stereocenters. The number of carbonyl (C=O) groups excluding carboxylic acids is 1. The number of rotatable bonds is 3. The number of aromatic nitrogens is 2. The van der Waals surface area contributed by atoms with E-state index in [9.17, 15) is 9.18 Å². The van der Waals surface area contributed by atoms with Gasteiger partial charge in [-0.05, 0) is 56.0 Å². The maximum atomic E-state index is 14.2. The number of fused-ring (bicyclic) bond motifs is 1. The van der Waals surface area contributed by atoms with E-state index >= 15 is 0 Å². The zero-order chi connectivity index (χ0) is 21.4. The van der Waals surface area contributed by atoms with Gasteiger partial charge in [0, 0.05) is 37.4 Å². The van der Waals surface area contributed by atoms with Crippen molar-refractivity contribution >= 4 is 28.4 Å². The molecule has 6 nitrogen and oxygen atoms in total. The molecule has 7 heteroatoms. The molecule has 2 aliphatic heterocycles. The highest BCUT2D eigenvalue weighted by molar-refractivity contribution is 5.84. The van der Waals surface area contributed by atoms with Crippen LogP contribution in [-0.4, -0.2) is 40.4 Å². The Morgan fingerprint density at radius 2 is 1.81 bits per heavy atom. The molecule has 5 rings (SSSR count). The predicted molar refractivity (Wildman–Crippen MR) is 119 cm³/mol. The Morgan fingerprint density at radius 1 is 1.03 bits per heavy atom. The van der Waals surface area contributed by atoms with E-state index in [1.165, 1.54) is 6.07 Å². The van der Waals surface area contributed by atoms with Gasteiger partial charge in [0.05, 0.1) is 22.6 Å². The average molecular weight is 420 g/mol. The van der Waals surface area contributed by atoms with E-state index in [4.69, 9.17) is 10.7 Å². The lowest BCUT2D eigenvalue weighted by Gasteiger charge is -2.46. The zero-order valence-corrected chi connectivity index (χ0v) is 17.4. The molecule has 160 valence electrons. The molecule has 0 aliphatic carbocycles. The van der Waals surface area contributed by atoms with Crippen molar-refractivity contribution in [2.75, 3.05) is 30.3 Å². The first-order chi connectivity index (χ1) is 15.0. The number of nitrogen functional groups attached to an aromatic ring is 1. The van der Waals surface area contributed by atoms with Crippen molar-refractivity contribution in [3.8, 4) is 0 Å². The second kappa shape index (κ2) is 7.80. The van der Waals surface area contributed by atoms with Crippen LogP contribution < -0.4 is 10.6 Å². The summed E-state index contributed by atoms with van der Waals surface area (Å²) in [4.78, 5) is 26.8. The summed E-state index contributed by atoms with van der Waals surface area (Å²) in [6.07, 6.45) is 5.19. The van der Waals surface area contributed by atoms with Gasteiger partial charge in [-0.2, -0.15) is 0 Å². The van der Waals surface area contributed by atoms with E-state index in [-0.39, 0.29) is 23.7 Å². The molecule has 1 spiro atoms. The fraction of sp³-hybridized carbons (Fsp3) is 0.375. The second-order valence-corrected chi connectivity index (χ2v) is 8.67. The molecule has 3 heterocycles. The van der Waals surface area contributed by atoms with E-state index in [2.05, 4.69) is 9.88 Å². The molecule has 0 unspecified atom stereocenters. The standard InChI is InChI=1S/C24H26FN5O/c25-19-7-6-18(26)14-17(19)16-30-11-3-8-24(23(30)31)9-12-29(13-10-24)22-15-27-20-4-1-2-5-21(20)28-22/h1-2,4-7,14-15H,3,8-13,16,26H2. The van der Waals surface area contributed by atoms with Crippen LogP contribution in [0.4, 0.5) is 15.9 Å². The van der Waals surface area contributed by atoms with Crippen LogP contribution >= 0.6 is 0 Å². The van der Waals surface area contributed by atoms with Crippen molar-refractivity contribution in [3.63, 3.8) is 0 Å². The summed E-state index contributed by atoms with van der Waals surface area (Å²) in [5.74, 6) is 0.687. The van der Waals surface area contributed by atoms with Crippen molar-refractivity contribution < 1.29 is 9.18 Å². The highest BCUT2D eigenvalue weighted by Gasteiger charge is 2.45. The fourth-order valence-electron chi connectivity index (χ4n) is 4.95. The topological polar surface area (TPSA) is 75.3 Å². The molecule has 0 saturated carbocycles. The summed E-state index contributed by atoms with van der Waals surface area (Å²) in [6.45, 7) is 2.46. The van der Waals surface area contributed by atoms with Crippen molar-refractivity contribution in [1.29, 1.82) is 0 Å². The van der Waals surface area contributed by atoms with Crippen LogP contribution in [0.3, 0.4) is 0 Å². The molecular formula is C24H26FN5O. The number of piperidine rings is 2. The van der Waals surface area contributed by atoms with Crippen LogP contribution in [0.5, 0.6) is 0 Å². The maximum Gasteiger partial charge on any atom is 0.229 e. The Bertz CT molecular complexity index is 1130. The average Bonchev–Trinajstić information content (AvgIpc) is 2.79. The first-order valence-electron chi connectivity index (χ1n) is 10.8. The van der Waals surface area contributed by atoms with Gasteiger partial charge in [-0.25, -0.2) is 9.37 Å². The molecule has 0 bridgehead atoms. The Morgan fingerprint density at radius 3 is 2.61 bits per heavy atom. The van der Waals surface area contributed by atoms with Crippen molar-refractivity contribution in [2.24, 2.45) is 5.41 Å². The van der Waals surface area contributed by atoms with Gasteiger partial charge in [0.15, 0.2) is 0 Å². The van der Waals surface area contributed by atoms with Crippen LogP contribution in [0.1, 0.15) is 31.2 Å². The number of nitrogens with two attached hydrogens (primary N) is 1. The molecule has 2 saturated heterocycles. The summed E-state index contributed by atoms with van der Waals surface area (Å²) >= 11 is 0. The first-order valence-corrected chi connectivity index (χ1v) is 10.8.